The van der Waals surface area contributed by atoms with Crippen LogP contribution in [0.4, 0.5) is 0 Å². The minimum atomic E-state index is 0.327. The summed E-state index contributed by atoms with van der Waals surface area (Å²) in [6.45, 7) is 4.58. The van der Waals surface area contributed by atoms with Gasteiger partial charge < -0.3 is 5.11 Å². The molecule has 2 aliphatic rings. The fourth-order valence-electron chi connectivity index (χ4n) is 4.89. The summed E-state index contributed by atoms with van der Waals surface area (Å²) >= 11 is 0. The number of rotatable bonds is 5. The normalized spacial score (nSPS) is 21.2. The van der Waals surface area contributed by atoms with Crippen molar-refractivity contribution in [3.8, 4) is 5.75 Å². The van der Waals surface area contributed by atoms with E-state index in [9.17, 15) is 5.11 Å². The van der Waals surface area contributed by atoms with Crippen LogP contribution in [-0.2, 0) is 6.42 Å². The van der Waals surface area contributed by atoms with Gasteiger partial charge in [0, 0.05) is 38.3 Å². The van der Waals surface area contributed by atoms with Gasteiger partial charge in [0.1, 0.15) is 5.75 Å². The average molecular weight is 365 g/mol. The van der Waals surface area contributed by atoms with Crippen LogP contribution in [0.2, 0.25) is 0 Å². The third-order valence-electron chi connectivity index (χ3n) is 6.47. The zero-order valence-electron chi connectivity index (χ0n) is 16.3. The molecule has 2 aromatic rings. The van der Waals surface area contributed by atoms with Gasteiger partial charge in [-0.05, 0) is 36.5 Å². The average Bonchev–Trinajstić information content (AvgIpc) is 2.75. The van der Waals surface area contributed by atoms with E-state index in [1.165, 1.54) is 50.8 Å². The Hall–Kier alpha value is -1.84. The molecule has 3 nitrogen and oxygen atoms in total. The van der Waals surface area contributed by atoms with Crippen molar-refractivity contribution in [3.05, 3.63) is 65.7 Å². The zero-order chi connectivity index (χ0) is 18.5. The maximum absolute atomic E-state index is 10.3. The molecule has 0 aromatic heterocycles. The van der Waals surface area contributed by atoms with Crippen LogP contribution in [0.1, 0.15) is 49.3 Å². The second-order valence-electron chi connectivity index (χ2n) is 8.12. The smallest absolute Gasteiger partial charge is 0.118 e. The van der Waals surface area contributed by atoms with Crippen molar-refractivity contribution in [3.63, 3.8) is 0 Å². The molecule has 3 heteroatoms. The first-order valence-corrected chi connectivity index (χ1v) is 10.6. The van der Waals surface area contributed by atoms with Crippen LogP contribution in [-0.4, -0.2) is 47.1 Å². The molecule has 0 spiro atoms. The first-order chi connectivity index (χ1) is 13.3. The topological polar surface area (TPSA) is 26.7 Å². The molecule has 27 heavy (non-hydrogen) atoms. The fourth-order valence-corrected chi connectivity index (χ4v) is 4.89. The SMILES string of the molecule is Oc1ccccc1CC(c1ccccc1)N1CCN(C2CCCCC2)CC1. The van der Waals surface area contributed by atoms with Crippen LogP contribution in [0.25, 0.3) is 0 Å². The van der Waals surface area contributed by atoms with Gasteiger partial charge in [-0.3, -0.25) is 9.80 Å². The molecule has 1 aliphatic heterocycles. The van der Waals surface area contributed by atoms with Crippen molar-refractivity contribution in [2.75, 3.05) is 26.2 Å². The lowest BCUT2D eigenvalue weighted by Crippen LogP contribution is -2.51. The van der Waals surface area contributed by atoms with Gasteiger partial charge in [-0.15, -0.1) is 0 Å². The lowest BCUT2D eigenvalue weighted by Gasteiger charge is -2.43. The second-order valence-corrected chi connectivity index (χ2v) is 8.12. The molecule has 1 N–H and O–H groups in total. The molecule has 0 bridgehead atoms. The third kappa shape index (κ3) is 4.53. The van der Waals surface area contributed by atoms with E-state index in [0.29, 0.717) is 11.8 Å². The van der Waals surface area contributed by atoms with Crippen LogP contribution < -0.4 is 0 Å². The Morgan fingerprint density at radius 3 is 2.19 bits per heavy atom. The number of phenolic OH excluding ortho intramolecular Hbond substituents is 1. The minimum absolute atomic E-state index is 0.327. The van der Waals surface area contributed by atoms with E-state index in [2.05, 4.69) is 46.2 Å². The van der Waals surface area contributed by atoms with E-state index in [4.69, 9.17) is 0 Å². The molecule has 0 radical (unpaired) electrons. The number of para-hydroxylation sites is 1. The van der Waals surface area contributed by atoms with Crippen LogP contribution in [0.15, 0.2) is 54.6 Å². The highest BCUT2D eigenvalue weighted by molar-refractivity contribution is 5.34. The Bertz CT molecular complexity index is 703. The van der Waals surface area contributed by atoms with Gasteiger partial charge in [0.2, 0.25) is 0 Å². The molecule has 2 aromatic carbocycles. The number of hydrogen-bond acceptors (Lipinski definition) is 3. The van der Waals surface area contributed by atoms with Crippen LogP contribution in [0, 0.1) is 0 Å². The van der Waals surface area contributed by atoms with E-state index in [-0.39, 0.29) is 0 Å². The molecule has 1 aliphatic carbocycles. The molecule has 4 rings (SSSR count). The van der Waals surface area contributed by atoms with Crippen LogP contribution in [0.5, 0.6) is 5.75 Å². The molecule has 144 valence electrons. The Labute approximate surface area is 163 Å². The van der Waals surface area contributed by atoms with Gasteiger partial charge in [-0.25, -0.2) is 0 Å². The van der Waals surface area contributed by atoms with Crippen LogP contribution >= 0.6 is 0 Å². The largest absolute Gasteiger partial charge is 0.508 e. The number of phenols is 1. The summed E-state index contributed by atoms with van der Waals surface area (Å²) in [5.74, 6) is 0.416. The summed E-state index contributed by atoms with van der Waals surface area (Å²) in [4.78, 5) is 5.36. The van der Waals surface area contributed by atoms with Crippen molar-refractivity contribution >= 4 is 0 Å². The number of hydrogen-bond donors (Lipinski definition) is 1. The summed E-state index contributed by atoms with van der Waals surface area (Å²) in [5, 5.41) is 10.3. The molecule has 0 amide bonds. The predicted octanol–water partition coefficient (Wildman–Crippen LogP) is 4.63. The summed E-state index contributed by atoms with van der Waals surface area (Å²) in [5.41, 5.74) is 2.40. The fraction of sp³-hybridized carbons (Fsp3) is 0.500. The molecule has 1 unspecified atom stereocenters. The first-order valence-electron chi connectivity index (χ1n) is 10.6. The van der Waals surface area contributed by atoms with E-state index in [0.717, 1.165) is 31.1 Å². The Balaban J connectivity index is 1.47. The molecule has 1 saturated heterocycles. The lowest BCUT2D eigenvalue weighted by molar-refractivity contribution is 0.0558. The van der Waals surface area contributed by atoms with E-state index in [1.807, 2.05) is 12.1 Å². The molecular weight excluding hydrogens is 332 g/mol. The van der Waals surface area contributed by atoms with E-state index in [1.54, 1.807) is 6.07 Å². The van der Waals surface area contributed by atoms with Crippen molar-refractivity contribution in [2.24, 2.45) is 0 Å². The number of aromatic hydroxyl groups is 1. The van der Waals surface area contributed by atoms with Crippen molar-refractivity contribution < 1.29 is 5.11 Å². The number of nitrogens with zero attached hydrogens (tertiary/aromatic N) is 2. The van der Waals surface area contributed by atoms with Gasteiger partial charge >= 0.3 is 0 Å². The van der Waals surface area contributed by atoms with Crippen LogP contribution in [0.3, 0.4) is 0 Å². The van der Waals surface area contributed by atoms with E-state index < -0.39 is 0 Å². The summed E-state index contributed by atoms with van der Waals surface area (Å²) in [7, 11) is 0. The van der Waals surface area contributed by atoms with Crippen molar-refractivity contribution in [1.82, 2.24) is 9.80 Å². The van der Waals surface area contributed by atoms with Gasteiger partial charge in [-0.2, -0.15) is 0 Å². The lowest BCUT2D eigenvalue weighted by atomic mass is 9.93. The summed E-state index contributed by atoms with van der Waals surface area (Å²) in [6.07, 6.45) is 7.88. The van der Waals surface area contributed by atoms with E-state index >= 15 is 0 Å². The zero-order valence-corrected chi connectivity index (χ0v) is 16.3. The molecule has 1 heterocycles. The van der Waals surface area contributed by atoms with Crippen molar-refractivity contribution in [1.29, 1.82) is 0 Å². The Morgan fingerprint density at radius 1 is 0.815 bits per heavy atom. The maximum atomic E-state index is 10.3. The van der Waals surface area contributed by atoms with Crippen molar-refractivity contribution in [2.45, 2.75) is 50.6 Å². The van der Waals surface area contributed by atoms with Gasteiger partial charge in [0.05, 0.1) is 0 Å². The number of benzene rings is 2. The van der Waals surface area contributed by atoms with Gasteiger partial charge in [0.15, 0.2) is 0 Å². The highest BCUT2D eigenvalue weighted by atomic mass is 16.3. The third-order valence-corrected chi connectivity index (χ3v) is 6.47. The second kappa shape index (κ2) is 8.90. The highest BCUT2D eigenvalue weighted by Gasteiger charge is 2.29. The molecule has 1 saturated carbocycles. The molecular formula is C24H32N2O. The summed E-state index contributed by atoms with van der Waals surface area (Å²) in [6, 6.07) is 19.7. The highest BCUT2D eigenvalue weighted by Crippen LogP contribution is 2.31. The number of piperazine rings is 1. The molecule has 1 atom stereocenters. The Morgan fingerprint density at radius 2 is 1.48 bits per heavy atom. The predicted molar refractivity (Wildman–Crippen MR) is 111 cm³/mol. The molecule has 2 fully saturated rings. The quantitative estimate of drug-likeness (QED) is 0.838. The minimum Gasteiger partial charge on any atom is -0.508 e. The Kier molecular flexibility index (Phi) is 6.10. The first kappa shape index (κ1) is 18.5. The van der Waals surface area contributed by atoms with Gasteiger partial charge in [-0.1, -0.05) is 67.8 Å². The standard InChI is InChI=1S/C24H32N2O/c27-24-14-8-7-11-21(24)19-23(20-9-3-1-4-10-20)26-17-15-25(16-18-26)22-12-5-2-6-13-22/h1,3-4,7-11,14,22-23,27H,2,5-6,12-13,15-19H2. The maximum Gasteiger partial charge on any atom is 0.118 e. The van der Waals surface area contributed by atoms with Gasteiger partial charge in [0.25, 0.3) is 0 Å². The monoisotopic (exact) mass is 364 g/mol. The summed E-state index contributed by atoms with van der Waals surface area (Å²) < 4.78 is 0.